The third kappa shape index (κ3) is 7.83. The van der Waals surface area contributed by atoms with Gasteiger partial charge in [-0.05, 0) is 42.5 Å². The van der Waals surface area contributed by atoms with Crippen LogP contribution < -0.4 is 26.0 Å². The minimum absolute atomic E-state index is 0.0426. The summed E-state index contributed by atoms with van der Waals surface area (Å²) in [5.74, 6) is -0.582. The Morgan fingerprint density at radius 1 is 1.06 bits per heavy atom. The fourth-order valence-corrected chi connectivity index (χ4v) is 4.06. The minimum Gasteiger partial charge on any atom is -0.497 e. The first-order chi connectivity index (χ1) is 14.7. The number of amides is 3. The van der Waals surface area contributed by atoms with Crippen LogP contribution in [0.4, 0.5) is 5.69 Å². The molecule has 0 aliphatic rings. The van der Waals surface area contributed by atoms with Crippen LogP contribution >= 0.6 is 11.8 Å². The Morgan fingerprint density at radius 3 is 2.42 bits per heavy atom. The van der Waals surface area contributed by atoms with Crippen molar-refractivity contribution >= 4 is 45.2 Å². The van der Waals surface area contributed by atoms with E-state index in [2.05, 4.69) is 15.6 Å². The van der Waals surface area contributed by atoms with Crippen LogP contribution in [0.2, 0.25) is 0 Å². The lowest BCUT2D eigenvalue weighted by molar-refractivity contribution is -0.121. The van der Waals surface area contributed by atoms with E-state index in [1.807, 2.05) is 0 Å². The van der Waals surface area contributed by atoms with E-state index >= 15 is 0 Å². The molecule has 0 heterocycles. The van der Waals surface area contributed by atoms with E-state index in [1.54, 1.807) is 24.3 Å². The predicted molar refractivity (Wildman–Crippen MR) is 117 cm³/mol. The van der Waals surface area contributed by atoms with Crippen molar-refractivity contribution in [1.82, 2.24) is 10.9 Å². The van der Waals surface area contributed by atoms with Gasteiger partial charge in [-0.1, -0.05) is 6.07 Å². The Hall–Kier alpha value is -3.25. The summed E-state index contributed by atoms with van der Waals surface area (Å²) >= 11 is 1.20. The Morgan fingerprint density at radius 2 is 1.77 bits per heavy atom. The van der Waals surface area contributed by atoms with Crippen molar-refractivity contribution in [3.63, 3.8) is 0 Å². The molecule has 5 N–H and O–H groups in total. The normalized spacial score (nSPS) is 10.7. The van der Waals surface area contributed by atoms with Gasteiger partial charge in [0.15, 0.2) is 0 Å². The van der Waals surface area contributed by atoms with Gasteiger partial charge < -0.3 is 10.5 Å². The van der Waals surface area contributed by atoms with Crippen molar-refractivity contribution < 1.29 is 27.5 Å². The lowest BCUT2D eigenvalue weighted by Gasteiger charge is -2.11. The van der Waals surface area contributed by atoms with Gasteiger partial charge in [-0.3, -0.25) is 30.0 Å². The lowest BCUT2D eigenvalue weighted by atomic mass is 10.2. The van der Waals surface area contributed by atoms with E-state index in [9.17, 15) is 22.8 Å². The number of hydrogen-bond acceptors (Lipinski definition) is 7. The van der Waals surface area contributed by atoms with E-state index in [4.69, 9.17) is 10.5 Å². The van der Waals surface area contributed by atoms with Crippen LogP contribution in [0.15, 0.2) is 53.4 Å². The van der Waals surface area contributed by atoms with Crippen molar-refractivity contribution in [2.75, 3.05) is 23.3 Å². The van der Waals surface area contributed by atoms with Crippen molar-refractivity contribution in [2.45, 2.75) is 11.3 Å². The van der Waals surface area contributed by atoms with Crippen molar-refractivity contribution in [1.29, 1.82) is 0 Å². The summed E-state index contributed by atoms with van der Waals surface area (Å²) in [5, 5.41) is 0. The zero-order valence-corrected chi connectivity index (χ0v) is 18.2. The highest BCUT2D eigenvalue weighted by Gasteiger charge is 2.17. The molecule has 0 radical (unpaired) electrons. The standard InChI is InChI=1S/C19H22N4O6S2/c1-29-15-7-5-14(6-8-15)23-31(27,28)16-4-2-3-13(11-16)19(26)22-21-18(25)9-10-30-12-17(20)24/h2-8,11,23H,9-10,12H2,1H3,(H2,20,24)(H,21,25)(H,22,26). The molecule has 2 aromatic carbocycles. The number of thioether (sulfide) groups is 1. The van der Waals surface area contributed by atoms with Crippen LogP contribution in [0.1, 0.15) is 16.8 Å². The van der Waals surface area contributed by atoms with Gasteiger partial charge in [0, 0.05) is 23.4 Å². The van der Waals surface area contributed by atoms with E-state index in [0.29, 0.717) is 17.2 Å². The zero-order valence-electron chi connectivity index (χ0n) is 16.6. The number of methoxy groups -OCH3 is 1. The van der Waals surface area contributed by atoms with E-state index in [-0.39, 0.29) is 22.6 Å². The van der Waals surface area contributed by atoms with Crippen molar-refractivity contribution in [3.8, 4) is 5.75 Å². The molecule has 0 aromatic heterocycles. The Balaban J connectivity index is 1.95. The first kappa shape index (κ1) is 24.0. The van der Waals surface area contributed by atoms with Gasteiger partial charge in [0.1, 0.15) is 5.75 Å². The van der Waals surface area contributed by atoms with E-state index in [1.165, 1.54) is 43.1 Å². The number of primary amides is 1. The lowest BCUT2D eigenvalue weighted by Crippen LogP contribution is -2.41. The molecule has 2 rings (SSSR count). The molecular weight excluding hydrogens is 444 g/mol. The SMILES string of the molecule is COc1ccc(NS(=O)(=O)c2cccc(C(=O)NNC(=O)CCSCC(N)=O)c2)cc1. The van der Waals surface area contributed by atoms with Crippen LogP contribution in [0.5, 0.6) is 5.75 Å². The van der Waals surface area contributed by atoms with Gasteiger partial charge in [-0.2, -0.15) is 11.8 Å². The minimum atomic E-state index is -3.94. The molecule has 31 heavy (non-hydrogen) atoms. The number of nitrogens with two attached hydrogens (primary N) is 1. The molecule has 0 bridgehead atoms. The number of anilines is 1. The van der Waals surface area contributed by atoms with Gasteiger partial charge in [0.05, 0.1) is 17.8 Å². The molecule has 0 unspecified atom stereocenters. The monoisotopic (exact) mass is 466 g/mol. The average molecular weight is 467 g/mol. The van der Waals surface area contributed by atoms with E-state index < -0.39 is 27.7 Å². The molecule has 0 saturated carbocycles. The van der Waals surface area contributed by atoms with Crippen molar-refractivity contribution in [2.24, 2.45) is 5.73 Å². The molecule has 0 spiro atoms. The summed E-state index contributed by atoms with van der Waals surface area (Å²) < 4.78 is 32.7. The largest absolute Gasteiger partial charge is 0.497 e. The van der Waals surface area contributed by atoms with Crippen LogP contribution in [-0.2, 0) is 19.6 Å². The van der Waals surface area contributed by atoms with Crippen molar-refractivity contribution in [3.05, 3.63) is 54.1 Å². The number of hydrazine groups is 1. The summed E-state index contributed by atoms with van der Waals surface area (Å²) in [6.07, 6.45) is 0.0679. The molecule has 0 aliphatic heterocycles. The number of carbonyl (C=O) groups excluding carboxylic acids is 3. The average Bonchev–Trinajstić information content (AvgIpc) is 2.75. The highest BCUT2D eigenvalue weighted by molar-refractivity contribution is 7.99. The maximum absolute atomic E-state index is 12.6. The predicted octanol–water partition coefficient (Wildman–Crippen LogP) is 0.866. The second-order valence-corrected chi connectivity index (χ2v) is 8.92. The summed E-state index contributed by atoms with van der Waals surface area (Å²) in [6.45, 7) is 0. The molecule has 2 aromatic rings. The highest BCUT2D eigenvalue weighted by Crippen LogP contribution is 2.20. The van der Waals surface area contributed by atoms with Gasteiger partial charge in [0.2, 0.25) is 11.8 Å². The molecule has 12 heteroatoms. The third-order valence-electron chi connectivity index (χ3n) is 3.78. The number of nitrogens with one attached hydrogen (secondary N) is 3. The fraction of sp³-hybridized carbons (Fsp3) is 0.211. The summed E-state index contributed by atoms with van der Waals surface area (Å²) in [6, 6.07) is 11.7. The molecule has 0 saturated heterocycles. The number of benzene rings is 2. The third-order valence-corrected chi connectivity index (χ3v) is 6.14. The number of sulfonamides is 1. The fourth-order valence-electron chi connectivity index (χ4n) is 2.28. The smallest absolute Gasteiger partial charge is 0.269 e. The van der Waals surface area contributed by atoms with Crippen LogP contribution in [0, 0.1) is 0 Å². The maximum atomic E-state index is 12.6. The van der Waals surface area contributed by atoms with Gasteiger partial charge in [-0.25, -0.2) is 8.42 Å². The second kappa shape index (κ2) is 11.2. The number of rotatable bonds is 10. The first-order valence-corrected chi connectivity index (χ1v) is 11.6. The van der Waals surface area contributed by atoms with Crippen LogP contribution in [0.3, 0.4) is 0 Å². The second-order valence-electron chi connectivity index (χ2n) is 6.13. The number of ether oxygens (including phenoxy) is 1. The Kier molecular flexibility index (Phi) is 8.70. The quantitative estimate of drug-likeness (QED) is 0.299. The Bertz CT molecular complexity index is 1040. The van der Waals surface area contributed by atoms with Gasteiger partial charge in [0.25, 0.3) is 15.9 Å². The molecule has 0 atom stereocenters. The molecule has 166 valence electrons. The zero-order chi connectivity index (χ0) is 22.9. The van der Waals surface area contributed by atoms with Gasteiger partial charge >= 0.3 is 0 Å². The van der Waals surface area contributed by atoms with E-state index in [0.717, 1.165) is 0 Å². The summed E-state index contributed by atoms with van der Waals surface area (Å²) in [7, 11) is -2.44. The van der Waals surface area contributed by atoms with Crippen LogP contribution in [-0.4, -0.2) is 44.8 Å². The molecule has 3 amide bonds. The highest BCUT2D eigenvalue weighted by atomic mass is 32.2. The Labute approximate surface area is 183 Å². The molecule has 10 nitrogen and oxygen atoms in total. The summed E-state index contributed by atoms with van der Waals surface area (Å²) in [4.78, 5) is 34.5. The molecule has 0 fully saturated rings. The molecular formula is C19H22N4O6S2. The van der Waals surface area contributed by atoms with Crippen LogP contribution in [0.25, 0.3) is 0 Å². The number of carbonyl (C=O) groups is 3. The topological polar surface area (TPSA) is 157 Å². The van der Waals surface area contributed by atoms with Gasteiger partial charge in [-0.15, -0.1) is 0 Å². The number of hydrogen-bond donors (Lipinski definition) is 4. The maximum Gasteiger partial charge on any atom is 0.269 e. The molecule has 0 aliphatic carbocycles. The summed E-state index contributed by atoms with van der Waals surface area (Å²) in [5.41, 5.74) is 9.83. The first-order valence-electron chi connectivity index (χ1n) is 8.93.